The second kappa shape index (κ2) is 8.50. The van der Waals surface area contributed by atoms with Gasteiger partial charge < -0.3 is 10.6 Å². The summed E-state index contributed by atoms with van der Waals surface area (Å²) in [7, 11) is -1.34. The summed E-state index contributed by atoms with van der Waals surface area (Å²) in [6, 6.07) is 5.12. The van der Waals surface area contributed by atoms with Crippen LogP contribution in [-0.2, 0) is 15.6 Å². The first-order chi connectivity index (χ1) is 12.9. The molecule has 5 nitrogen and oxygen atoms in total. The van der Waals surface area contributed by atoms with Gasteiger partial charge in [-0.3, -0.25) is 14.0 Å². The third-order valence-electron chi connectivity index (χ3n) is 4.04. The quantitative estimate of drug-likeness (QED) is 0.683. The number of ketones is 1. The molecule has 1 aliphatic carbocycles. The van der Waals surface area contributed by atoms with E-state index in [1.165, 1.54) is 12.6 Å². The standard InChI is InChI=1S/C18H16BrClFN3O2S/c1-27(26)8-15(25)12-4-2-10-7-22-9-23-17(10)16(21)18(12)24-14-5-3-11(19)6-13(14)20/h2-3,5-6,9,24H,4,7-8H2,1H3,(H,22,23). The van der Waals surface area contributed by atoms with E-state index in [1.54, 1.807) is 24.3 Å². The summed E-state index contributed by atoms with van der Waals surface area (Å²) in [6.07, 6.45) is 4.83. The number of carbonyl (C=O) groups is 1. The molecule has 0 aromatic heterocycles. The highest BCUT2D eigenvalue weighted by atomic mass is 79.9. The van der Waals surface area contributed by atoms with Crippen LogP contribution < -0.4 is 10.6 Å². The van der Waals surface area contributed by atoms with Gasteiger partial charge in [0, 0.05) is 27.1 Å². The van der Waals surface area contributed by atoms with Gasteiger partial charge in [-0.1, -0.05) is 33.6 Å². The SMILES string of the molecule is CS(=O)CC(=O)C1=C(Nc2ccc(Br)cc2Cl)C(F)=C2NC=NCC2=CC1. The van der Waals surface area contributed by atoms with Crippen molar-refractivity contribution in [2.24, 2.45) is 4.99 Å². The Kier molecular flexibility index (Phi) is 6.29. The van der Waals surface area contributed by atoms with Gasteiger partial charge in [-0.05, 0) is 30.2 Å². The number of carbonyl (C=O) groups excluding carboxylic acids is 1. The van der Waals surface area contributed by atoms with E-state index in [-0.39, 0.29) is 34.9 Å². The average molecular weight is 473 g/mol. The number of aliphatic imine (C=N–C) groups is 1. The fourth-order valence-electron chi connectivity index (χ4n) is 2.76. The third kappa shape index (κ3) is 4.56. The lowest BCUT2D eigenvalue weighted by Crippen LogP contribution is -2.22. The van der Waals surface area contributed by atoms with Crippen LogP contribution >= 0.6 is 27.5 Å². The minimum atomic E-state index is -1.34. The van der Waals surface area contributed by atoms with Crippen LogP contribution in [0, 0.1) is 0 Å². The summed E-state index contributed by atoms with van der Waals surface area (Å²) < 4.78 is 27.7. The van der Waals surface area contributed by atoms with Crippen molar-refractivity contribution in [3.8, 4) is 0 Å². The maximum absolute atomic E-state index is 15.4. The maximum Gasteiger partial charge on any atom is 0.173 e. The molecule has 0 radical (unpaired) electrons. The van der Waals surface area contributed by atoms with E-state index in [4.69, 9.17) is 11.6 Å². The number of halogens is 3. The molecule has 0 saturated carbocycles. The topological polar surface area (TPSA) is 70.6 Å². The van der Waals surface area contributed by atoms with Crippen molar-refractivity contribution in [3.63, 3.8) is 0 Å². The van der Waals surface area contributed by atoms with Crippen LogP contribution in [0.5, 0.6) is 0 Å². The molecule has 142 valence electrons. The lowest BCUT2D eigenvalue weighted by Gasteiger charge is -2.18. The number of nitrogens with zero attached hydrogens (tertiary/aromatic N) is 1. The van der Waals surface area contributed by atoms with Crippen molar-refractivity contribution in [2.45, 2.75) is 6.42 Å². The third-order valence-corrected chi connectivity index (χ3v) is 5.51. The Morgan fingerprint density at radius 2 is 2.26 bits per heavy atom. The van der Waals surface area contributed by atoms with Crippen molar-refractivity contribution >= 4 is 56.1 Å². The molecule has 1 aliphatic heterocycles. The van der Waals surface area contributed by atoms with E-state index in [0.29, 0.717) is 22.8 Å². The average Bonchev–Trinajstić information content (AvgIpc) is 2.74. The van der Waals surface area contributed by atoms with Gasteiger partial charge in [0.15, 0.2) is 11.6 Å². The van der Waals surface area contributed by atoms with E-state index in [9.17, 15) is 9.00 Å². The molecule has 1 aromatic rings. The van der Waals surface area contributed by atoms with Crippen molar-refractivity contribution in [1.29, 1.82) is 0 Å². The molecule has 9 heteroatoms. The van der Waals surface area contributed by atoms with E-state index >= 15 is 4.39 Å². The molecular formula is C18H16BrClFN3O2S. The zero-order chi connectivity index (χ0) is 19.6. The second-order valence-corrected chi connectivity index (χ2v) is 8.74. The molecule has 0 fully saturated rings. The Morgan fingerprint density at radius 1 is 1.48 bits per heavy atom. The first-order valence-electron chi connectivity index (χ1n) is 7.99. The van der Waals surface area contributed by atoms with E-state index in [0.717, 1.165) is 4.47 Å². The number of hydrogen-bond donors (Lipinski definition) is 2. The molecule has 0 spiro atoms. The van der Waals surface area contributed by atoms with Crippen molar-refractivity contribution < 1.29 is 13.4 Å². The molecule has 3 rings (SSSR count). The van der Waals surface area contributed by atoms with Crippen LogP contribution in [-0.4, -0.2) is 34.9 Å². The molecule has 0 bridgehead atoms. The number of allylic oxidation sites excluding steroid dienone is 3. The van der Waals surface area contributed by atoms with Crippen molar-refractivity contribution in [1.82, 2.24) is 5.32 Å². The Bertz CT molecular complexity index is 956. The van der Waals surface area contributed by atoms with E-state index in [1.807, 2.05) is 0 Å². The minimum Gasteiger partial charge on any atom is -0.352 e. The summed E-state index contributed by atoms with van der Waals surface area (Å²) in [4.78, 5) is 16.7. The van der Waals surface area contributed by atoms with Crippen molar-refractivity contribution in [2.75, 3.05) is 23.9 Å². The van der Waals surface area contributed by atoms with Gasteiger partial charge in [0.25, 0.3) is 0 Å². The lowest BCUT2D eigenvalue weighted by molar-refractivity contribution is -0.113. The first-order valence-corrected chi connectivity index (χ1v) is 10.9. The highest BCUT2D eigenvalue weighted by Crippen LogP contribution is 2.34. The zero-order valence-electron chi connectivity index (χ0n) is 14.3. The van der Waals surface area contributed by atoms with Crippen LogP contribution in [0.4, 0.5) is 10.1 Å². The van der Waals surface area contributed by atoms with Crippen LogP contribution in [0.25, 0.3) is 0 Å². The van der Waals surface area contributed by atoms with Gasteiger partial charge >= 0.3 is 0 Å². The highest BCUT2D eigenvalue weighted by Gasteiger charge is 2.27. The molecule has 1 heterocycles. The van der Waals surface area contributed by atoms with Gasteiger partial charge in [-0.15, -0.1) is 0 Å². The van der Waals surface area contributed by atoms with E-state index in [2.05, 4.69) is 31.6 Å². The lowest BCUT2D eigenvalue weighted by atomic mass is 10.1. The summed E-state index contributed by atoms with van der Waals surface area (Å²) in [6.45, 7) is 0.323. The molecule has 1 aromatic carbocycles. The predicted molar refractivity (Wildman–Crippen MR) is 111 cm³/mol. The molecule has 1 atom stereocenters. The summed E-state index contributed by atoms with van der Waals surface area (Å²) >= 11 is 9.57. The van der Waals surface area contributed by atoms with E-state index < -0.39 is 16.6 Å². The van der Waals surface area contributed by atoms with Crippen LogP contribution in [0.2, 0.25) is 5.02 Å². The number of anilines is 1. The predicted octanol–water partition coefficient (Wildman–Crippen LogP) is 3.86. The smallest absolute Gasteiger partial charge is 0.173 e. The van der Waals surface area contributed by atoms with Gasteiger partial charge in [-0.25, -0.2) is 4.39 Å². The summed E-state index contributed by atoms with van der Waals surface area (Å²) in [5.41, 5.74) is 1.64. The summed E-state index contributed by atoms with van der Waals surface area (Å²) in [5, 5.41) is 6.14. The molecule has 0 saturated heterocycles. The highest BCUT2D eigenvalue weighted by molar-refractivity contribution is 9.10. The largest absolute Gasteiger partial charge is 0.352 e. The number of rotatable bonds is 5. The number of nitrogens with one attached hydrogen (secondary N) is 2. The Balaban J connectivity index is 2.10. The van der Waals surface area contributed by atoms with Gasteiger partial charge in [0.2, 0.25) is 0 Å². The Labute approximate surface area is 172 Å². The number of fused-ring (bicyclic) bond motifs is 1. The first kappa shape index (κ1) is 20.0. The second-order valence-electron chi connectivity index (χ2n) is 5.98. The maximum atomic E-state index is 15.4. The zero-order valence-corrected chi connectivity index (χ0v) is 17.5. The number of Topliss-reactive ketones (excluding diaryl/α,β-unsaturated/α-hetero) is 1. The molecule has 1 unspecified atom stereocenters. The fraction of sp³-hybridized carbons (Fsp3) is 0.222. The Morgan fingerprint density at radius 3 is 2.96 bits per heavy atom. The molecule has 27 heavy (non-hydrogen) atoms. The van der Waals surface area contributed by atoms with Gasteiger partial charge in [0.1, 0.15) is 0 Å². The van der Waals surface area contributed by atoms with Gasteiger partial charge in [0.05, 0.1) is 40.7 Å². The number of benzene rings is 1. The monoisotopic (exact) mass is 471 g/mol. The molecule has 2 aliphatic rings. The Hall–Kier alpha value is -1.77. The number of hydrogen-bond acceptors (Lipinski definition) is 5. The molecule has 0 amide bonds. The van der Waals surface area contributed by atoms with Crippen LogP contribution in [0.1, 0.15) is 6.42 Å². The van der Waals surface area contributed by atoms with Crippen LogP contribution in [0.3, 0.4) is 0 Å². The molecule has 2 N–H and O–H groups in total. The van der Waals surface area contributed by atoms with Crippen LogP contribution in [0.15, 0.2) is 62.1 Å². The minimum absolute atomic E-state index is 0.0266. The fourth-order valence-corrected chi connectivity index (χ4v) is 4.03. The van der Waals surface area contributed by atoms with Crippen molar-refractivity contribution in [3.05, 3.63) is 62.1 Å². The normalized spacial score (nSPS) is 17.7. The molecular weight excluding hydrogens is 457 g/mol. The van der Waals surface area contributed by atoms with Gasteiger partial charge in [-0.2, -0.15) is 0 Å². The summed E-state index contributed by atoms with van der Waals surface area (Å²) in [5.74, 6) is -1.16.